The van der Waals surface area contributed by atoms with Gasteiger partial charge >= 0.3 is 0 Å². The summed E-state index contributed by atoms with van der Waals surface area (Å²) in [4.78, 5) is 0. The summed E-state index contributed by atoms with van der Waals surface area (Å²) in [5, 5.41) is 14.1. The van der Waals surface area contributed by atoms with Crippen molar-refractivity contribution >= 4 is 43.6 Å². The lowest BCUT2D eigenvalue weighted by atomic mass is 9.96. The Morgan fingerprint density at radius 3 is 1.40 bits per heavy atom. The van der Waals surface area contributed by atoms with Crippen LogP contribution in [0.5, 0.6) is 0 Å². The quantitative estimate of drug-likeness (QED) is 0.109. The molecule has 8 heteroatoms. The largest absolute Gasteiger partial charge is 0.307 e. The maximum atomic E-state index is 15.4. The third-order valence-electron chi connectivity index (χ3n) is 8.85. The van der Waals surface area contributed by atoms with Crippen molar-refractivity contribution in [3.8, 4) is 28.6 Å². The summed E-state index contributed by atoms with van der Waals surface area (Å²) in [6.07, 6.45) is 0. The van der Waals surface area contributed by atoms with Crippen LogP contribution >= 0.6 is 0 Å². The van der Waals surface area contributed by atoms with Gasteiger partial charge in [0.15, 0.2) is 23.3 Å². The summed E-state index contributed by atoms with van der Waals surface area (Å²) < 4.78 is 78.1. The van der Waals surface area contributed by atoms with Crippen molar-refractivity contribution < 1.29 is 22.0 Å². The number of rotatable bonds is 3. The average Bonchev–Trinajstić information content (AvgIpc) is 3.58. The summed E-state index contributed by atoms with van der Waals surface area (Å²) >= 11 is 0. The summed E-state index contributed by atoms with van der Waals surface area (Å²) in [7, 11) is 0. The zero-order chi connectivity index (χ0) is 32.7. The highest BCUT2D eigenvalue weighted by Gasteiger charge is 2.30. The summed E-state index contributed by atoms with van der Waals surface area (Å²) in [5.74, 6) is -10.5. The van der Waals surface area contributed by atoms with Crippen molar-refractivity contribution in [2.45, 2.75) is 13.8 Å². The molecular weight excluding hydrogens is 605 g/mol. The highest BCUT2D eigenvalue weighted by atomic mass is 19.2. The molecule has 0 fully saturated rings. The van der Waals surface area contributed by atoms with E-state index < -0.39 is 40.2 Å². The third kappa shape index (κ3) is 4.03. The highest BCUT2D eigenvalue weighted by Crippen LogP contribution is 2.42. The van der Waals surface area contributed by atoms with Crippen LogP contribution in [0.15, 0.2) is 97.1 Å². The first-order valence-electron chi connectivity index (χ1n) is 14.8. The van der Waals surface area contributed by atoms with E-state index >= 15 is 8.78 Å². The van der Waals surface area contributed by atoms with Crippen LogP contribution in [0.4, 0.5) is 22.0 Å². The van der Waals surface area contributed by atoms with Crippen molar-refractivity contribution in [2.24, 2.45) is 0 Å². The standard InChI is InChI=1S/C39H22F5N3/c1-20-11-13-25-23-7-3-5-9-28(23)46(30(25)15-20)32-17-22(19-45)27(34-35(40)37(42)39(44)38(43)36(34)41)18-33(32)47-29-10-6-4-8-24(29)26-14-12-21(2)16-31(26)47/h3-18H,1-2H3. The molecule has 6 aromatic carbocycles. The van der Waals surface area contributed by atoms with E-state index in [1.165, 1.54) is 12.1 Å². The van der Waals surface area contributed by atoms with Gasteiger partial charge in [-0.25, -0.2) is 22.0 Å². The topological polar surface area (TPSA) is 33.6 Å². The van der Waals surface area contributed by atoms with Gasteiger partial charge in [-0.2, -0.15) is 5.26 Å². The smallest absolute Gasteiger partial charge is 0.200 e. The van der Waals surface area contributed by atoms with Gasteiger partial charge in [-0.3, -0.25) is 0 Å². The lowest BCUT2D eigenvalue weighted by Gasteiger charge is -2.20. The molecule has 0 amide bonds. The minimum atomic E-state index is -2.27. The van der Waals surface area contributed by atoms with Crippen LogP contribution in [0, 0.1) is 54.3 Å². The van der Waals surface area contributed by atoms with Crippen LogP contribution in [-0.2, 0) is 0 Å². The molecule has 3 nitrogen and oxygen atoms in total. The predicted octanol–water partition coefficient (Wildman–Crippen LogP) is 10.7. The zero-order valence-corrected chi connectivity index (χ0v) is 25.0. The number of fused-ring (bicyclic) bond motifs is 6. The Hall–Kier alpha value is -5.94. The van der Waals surface area contributed by atoms with E-state index in [1.54, 1.807) is 0 Å². The number of para-hydroxylation sites is 2. The van der Waals surface area contributed by atoms with E-state index in [0.29, 0.717) is 11.4 Å². The van der Waals surface area contributed by atoms with Gasteiger partial charge in [0.1, 0.15) is 0 Å². The first kappa shape index (κ1) is 28.5. The summed E-state index contributed by atoms with van der Waals surface area (Å²) in [5.41, 5.74) is 4.07. The van der Waals surface area contributed by atoms with Crippen LogP contribution in [0.25, 0.3) is 66.1 Å². The van der Waals surface area contributed by atoms with Gasteiger partial charge in [0.05, 0.1) is 50.6 Å². The van der Waals surface area contributed by atoms with Crippen LogP contribution in [0.1, 0.15) is 16.7 Å². The second-order valence-electron chi connectivity index (χ2n) is 11.7. The van der Waals surface area contributed by atoms with E-state index in [1.807, 2.05) is 114 Å². The first-order valence-corrected chi connectivity index (χ1v) is 14.8. The SMILES string of the molecule is Cc1ccc2c3ccccc3n(-c3cc(C#N)c(-c4c(F)c(F)c(F)c(F)c4F)cc3-n3c4ccccc4c4ccc(C)cc43)c2c1. The van der Waals surface area contributed by atoms with Gasteiger partial charge < -0.3 is 9.13 Å². The molecule has 0 atom stereocenters. The van der Waals surface area contributed by atoms with E-state index in [9.17, 15) is 18.4 Å². The Morgan fingerprint density at radius 2 is 0.915 bits per heavy atom. The number of hydrogen-bond acceptors (Lipinski definition) is 1. The number of hydrogen-bond donors (Lipinski definition) is 0. The van der Waals surface area contributed by atoms with Gasteiger partial charge in [-0.1, -0.05) is 60.7 Å². The predicted molar refractivity (Wildman–Crippen MR) is 175 cm³/mol. The lowest BCUT2D eigenvalue weighted by Crippen LogP contribution is -2.08. The van der Waals surface area contributed by atoms with Crippen molar-refractivity contribution in [3.63, 3.8) is 0 Å². The molecule has 0 N–H and O–H groups in total. The maximum Gasteiger partial charge on any atom is 0.200 e. The molecule has 0 radical (unpaired) electrons. The molecule has 0 saturated heterocycles. The van der Waals surface area contributed by atoms with E-state index in [0.717, 1.165) is 54.7 Å². The molecule has 0 saturated carbocycles. The monoisotopic (exact) mass is 627 g/mol. The Balaban J connectivity index is 1.62. The van der Waals surface area contributed by atoms with Gasteiger partial charge in [-0.15, -0.1) is 0 Å². The minimum Gasteiger partial charge on any atom is -0.307 e. The molecule has 8 aromatic rings. The van der Waals surface area contributed by atoms with Gasteiger partial charge in [-0.05, 0) is 61.4 Å². The molecule has 47 heavy (non-hydrogen) atoms. The molecule has 0 unspecified atom stereocenters. The summed E-state index contributed by atoms with van der Waals surface area (Å²) in [6.45, 7) is 3.90. The van der Waals surface area contributed by atoms with Crippen LogP contribution in [0.2, 0.25) is 0 Å². The van der Waals surface area contributed by atoms with Crippen molar-refractivity contribution in [1.29, 1.82) is 5.26 Å². The van der Waals surface area contributed by atoms with Crippen LogP contribution < -0.4 is 0 Å². The van der Waals surface area contributed by atoms with Crippen molar-refractivity contribution in [1.82, 2.24) is 9.13 Å². The number of nitriles is 1. The van der Waals surface area contributed by atoms with Crippen LogP contribution in [0.3, 0.4) is 0 Å². The normalized spacial score (nSPS) is 11.7. The first-order chi connectivity index (χ1) is 22.7. The molecule has 8 rings (SSSR count). The molecule has 0 aliphatic heterocycles. The number of nitrogens with zero attached hydrogens (tertiary/aromatic N) is 3. The lowest BCUT2D eigenvalue weighted by molar-refractivity contribution is 0.381. The number of aromatic nitrogens is 2. The Labute approximate surface area is 264 Å². The maximum absolute atomic E-state index is 15.4. The fraction of sp³-hybridized carbons (Fsp3) is 0.0513. The highest BCUT2D eigenvalue weighted by molar-refractivity contribution is 6.12. The molecule has 0 spiro atoms. The number of aryl methyl sites for hydroxylation is 2. The molecule has 0 bridgehead atoms. The van der Waals surface area contributed by atoms with Gasteiger partial charge in [0.2, 0.25) is 5.82 Å². The molecule has 0 aliphatic rings. The second kappa shape index (κ2) is 10.3. The van der Waals surface area contributed by atoms with Gasteiger partial charge in [0.25, 0.3) is 0 Å². The zero-order valence-electron chi connectivity index (χ0n) is 25.0. The molecule has 2 heterocycles. The molecular formula is C39H22F5N3. The Morgan fingerprint density at radius 1 is 0.489 bits per heavy atom. The summed E-state index contributed by atoms with van der Waals surface area (Å²) in [6, 6.07) is 32.1. The Bertz CT molecular complexity index is 2650. The average molecular weight is 628 g/mol. The second-order valence-corrected chi connectivity index (χ2v) is 11.7. The molecule has 0 aliphatic carbocycles. The Kier molecular flexibility index (Phi) is 6.25. The number of halogens is 5. The molecule has 228 valence electrons. The third-order valence-corrected chi connectivity index (χ3v) is 8.85. The van der Waals surface area contributed by atoms with Gasteiger partial charge in [0, 0.05) is 27.1 Å². The molecule has 2 aromatic heterocycles. The fourth-order valence-electron chi connectivity index (χ4n) is 6.76. The minimum absolute atomic E-state index is 0.262. The van der Waals surface area contributed by atoms with Crippen molar-refractivity contribution in [2.75, 3.05) is 0 Å². The van der Waals surface area contributed by atoms with E-state index in [2.05, 4.69) is 0 Å². The number of benzene rings is 6. The fourth-order valence-corrected chi connectivity index (χ4v) is 6.76. The van der Waals surface area contributed by atoms with E-state index in [4.69, 9.17) is 0 Å². The van der Waals surface area contributed by atoms with Crippen molar-refractivity contribution in [3.05, 3.63) is 143 Å². The van der Waals surface area contributed by atoms with Crippen LogP contribution in [-0.4, -0.2) is 9.13 Å². The van der Waals surface area contributed by atoms with E-state index in [-0.39, 0.29) is 5.56 Å².